The van der Waals surface area contributed by atoms with Crippen molar-refractivity contribution in [3.63, 3.8) is 0 Å². The number of methoxy groups -OCH3 is 2. The molecule has 1 radical (unpaired) electrons. The molecular weight excluding hydrogens is 256 g/mol. The van der Waals surface area contributed by atoms with Gasteiger partial charge in [-0.2, -0.15) is 4.89 Å². The van der Waals surface area contributed by atoms with Gasteiger partial charge in [-0.3, -0.25) is 0 Å². The predicted molar refractivity (Wildman–Crippen MR) is 74.2 cm³/mol. The molecule has 0 bridgehead atoms. The summed E-state index contributed by atoms with van der Waals surface area (Å²) in [4.78, 5) is 4.35. The Labute approximate surface area is 118 Å². The highest BCUT2D eigenvalue weighted by atomic mass is 17.1. The van der Waals surface area contributed by atoms with Crippen LogP contribution >= 0.6 is 0 Å². The second kappa shape index (κ2) is 6.93. The normalized spacial score (nSPS) is 11.9. The van der Waals surface area contributed by atoms with Crippen LogP contribution in [0.2, 0.25) is 0 Å². The third kappa shape index (κ3) is 3.50. The van der Waals surface area contributed by atoms with Crippen LogP contribution in [0.25, 0.3) is 0 Å². The summed E-state index contributed by atoms with van der Waals surface area (Å²) >= 11 is 0. The van der Waals surface area contributed by atoms with Gasteiger partial charge in [0.1, 0.15) is 17.6 Å². The smallest absolute Gasteiger partial charge is 0.125 e. The van der Waals surface area contributed by atoms with E-state index in [0.717, 1.165) is 22.6 Å². The molecule has 2 aromatic carbocycles. The van der Waals surface area contributed by atoms with Crippen molar-refractivity contribution in [1.29, 1.82) is 0 Å². The second-order valence-corrected chi connectivity index (χ2v) is 4.41. The standard InChI is InChI=1S/C16H17O4/c1-18-14-7-3-12(4-8-14)11-16(20-17)13-5-9-15(19-2)10-6-13/h3-10,16H,11H2,1-2H3. The lowest BCUT2D eigenvalue weighted by Crippen LogP contribution is -2.05. The number of ether oxygens (including phenoxy) is 2. The largest absolute Gasteiger partial charge is 0.497 e. The third-order valence-corrected chi connectivity index (χ3v) is 3.18. The fraction of sp³-hybridized carbons (Fsp3) is 0.250. The van der Waals surface area contributed by atoms with Crippen molar-refractivity contribution in [2.75, 3.05) is 14.2 Å². The summed E-state index contributed by atoms with van der Waals surface area (Å²) in [5, 5.41) is 11.0. The molecule has 2 aromatic rings. The lowest BCUT2D eigenvalue weighted by atomic mass is 10.0. The van der Waals surface area contributed by atoms with Gasteiger partial charge in [0.25, 0.3) is 0 Å². The van der Waals surface area contributed by atoms with Crippen molar-refractivity contribution >= 4 is 0 Å². The van der Waals surface area contributed by atoms with E-state index < -0.39 is 6.10 Å². The van der Waals surface area contributed by atoms with Crippen LogP contribution in [0.3, 0.4) is 0 Å². The fourth-order valence-corrected chi connectivity index (χ4v) is 2.00. The van der Waals surface area contributed by atoms with Crippen molar-refractivity contribution in [2.24, 2.45) is 0 Å². The maximum atomic E-state index is 11.0. The monoisotopic (exact) mass is 273 g/mol. The van der Waals surface area contributed by atoms with Crippen molar-refractivity contribution in [2.45, 2.75) is 12.5 Å². The van der Waals surface area contributed by atoms with Crippen LogP contribution in [-0.4, -0.2) is 14.2 Å². The third-order valence-electron chi connectivity index (χ3n) is 3.18. The van der Waals surface area contributed by atoms with E-state index in [-0.39, 0.29) is 0 Å². The quantitative estimate of drug-likeness (QED) is 0.599. The zero-order valence-electron chi connectivity index (χ0n) is 11.5. The van der Waals surface area contributed by atoms with Crippen molar-refractivity contribution in [3.8, 4) is 11.5 Å². The van der Waals surface area contributed by atoms with Crippen LogP contribution in [0.15, 0.2) is 48.5 Å². The molecule has 4 heteroatoms. The van der Waals surface area contributed by atoms with Gasteiger partial charge in [-0.1, -0.05) is 24.3 Å². The highest BCUT2D eigenvalue weighted by Crippen LogP contribution is 2.24. The first kappa shape index (κ1) is 14.4. The molecule has 0 spiro atoms. The van der Waals surface area contributed by atoms with Gasteiger partial charge in [0.15, 0.2) is 0 Å². The average Bonchev–Trinajstić information content (AvgIpc) is 2.53. The van der Waals surface area contributed by atoms with E-state index in [0.29, 0.717) is 6.42 Å². The first-order valence-electron chi connectivity index (χ1n) is 6.32. The summed E-state index contributed by atoms with van der Waals surface area (Å²) in [6.07, 6.45) is -0.00545. The summed E-state index contributed by atoms with van der Waals surface area (Å²) in [6, 6.07) is 14.9. The van der Waals surface area contributed by atoms with Crippen LogP contribution in [0.1, 0.15) is 17.2 Å². The van der Waals surface area contributed by atoms with E-state index in [1.165, 1.54) is 0 Å². The summed E-state index contributed by atoms with van der Waals surface area (Å²) in [6.45, 7) is 0. The van der Waals surface area contributed by atoms with Crippen LogP contribution in [0.5, 0.6) is 11.5 Å². The summed E-state index contributed by atoms with van der Waals surface area (Å²) in [5.74, 6) is 1.54. The Bertz CT molecular complexity index is 519. The maximum absolute atomic E-state index is 11.0. The van der Waals surface area contributed by atoms with Gasteiger partial charge in [-0.05, 0) is 40.6 Å². The Morgan fingerprint density at radius 3 is 1.80 bits per heavy atom. The summed E-state index contributed by atoms with van der Waals surface area (Å²) in [5.41, 5.74) is 1.85. The molecule has 0 saturated heterocycles. The fourth-order valence-electron chi connectivity index (χ4n) is 2.00. The van der Waals surface area contributed by atoms with Crippen LogP contribution < -0.4 is 9.47 Å². The SMILES string of the molecule is COc1ccc(CC(O[O])c2ccc(OC)cc2)cc1. The number of hydrogen-bond acceptors (Lipinski definition) is 3. The molecule has 0 aromatic heterocycles. The molecule has 0 saturated carbocycles. The summed E-state index contributed by atoms with van der Waals surface area (Å²) < 4.78 is 10.2. The Kier molecular flexibility index (Phi) is 4.98. The molecule has 1 atom stereocenters. The zero-order valence-corrected chi connectivity index (χ0v) is 11.5. The molecule has 4 nitrogen and oxygen atoms in total. The average molecular weight is 273 g/mol. The Morgan fingerprint density at radius 2 is 1.35 bits per heavy atom. The molecular formula is C16H17O4. The maximum Gasteiger partial charge on any atom is 0.125 e. The van der Waals surface area contributed by atoms with E-state index >= 15 is 0 Å². The first-order valence-corrected chi connectivity index (χ1v) is 6.32. The topological polar surface area (TPSA) is 47.6 Å². The van der Waals surface area contributed by atoms with Crippen molar-refractivity contribution in [3.05, 3.63) is 59.7 Å². The second-order valence-electron chi connectivity index (χ2n) is 4.41. The van der Waals surface area contributed by atoms with Gasteiger partial charge in [0, 0.05) is 6.42 Å². The lowest BCUT2D eigenvalue weighted by molar-refractivity contribution is -0.338. The highest BCUT2D eigenvalue weighted by molar-refractivity contribution is 5.31. The molecule has 0 amide bonds. The number of hydrogen-bond donors (Lipinski definition) is 0. The predicted octanol–water partition coefficient (Wildman–Crippen LogP) is 3.35. The van der Waals surface area contributed by atoms with Gasteiger partial charge >= 0.3 is 0 Å². The van der Waals surface area contributed by atoms with Crippen LogP contribution in [0, 0.1) is 0 Å². The molecule has 2 rings (SSSR count). The molecule has 0 N–H and O–H groups in total. The Balaban J connectivity index is 2.10. The van der Waals surface area contributed by atoms with E-state index in [4.69, 9.17) is 9.47 Å². The number of benzene rings is 2. The molecule has 0 fully saturated rings. The molecule has 0 heterocycles. The zero-order chi connectivity index (χ0) is 14.4. The molecule has 105 valence electrons. The van der Waals surface area contributed by atoms with E-state index in [9.17, 15) is 5.26 Å². The molecule has 0 aliphatic carbocycles. The van der Waals surface area contributed by atoms with Gasteiger partial charge < -0.3 is 9.47 Å². The van der Waals surface area contributed by atoms with Gasteiger partial charge in [-0.25, -0.2) is 0 Å². The van der Waals surface area contributed by atoms with Crippen LogP contribution in [-0.2, 0) is 16.6 Å². The van der Waals surface area contributed by atoms with Gasteiger partial charge in [0.05, 0.1) is 14.2 Å². The molecule has 1 unspecified atom stereocenters. The minimum Gasteiger partial charge on any atom is -0.497 e. The Hall–Kier alpha value is -2.04. The van der Waals surface area contributed by atoms with Gasteiger partial charge in [-0.15, -0.1) is 0 Å². The Morgan fingerprint density at radius 1 is 0.850 bits per heavy atom. The van der Waals surface area contributed by atoms with E-state index in [1.807, 2.05) is 48.5 Å². The van der Waals surface area contributed by atoms with Crippen molar-refractivity contribution < 1.29 is 19.6 Å². The minimum absolute atomic E-state index is 0.514. The van der Waals surface area contributed by atoms with E-state index in [1.54, 1.807) is 14.2 Å². The molecule has 0 aliphatic heterocycles. The van der Waals surface area contributed by atoms with Crippen LogP contribution in [0.4, 0.5) is 0 Å². The lowest BCUT2D eigenvalue weighted by Gasteiger charge is -2.13. The first-order chi connectivity index (χ1) is 9.76. The summed E-state index contributed by atoms with van der Waals surface area (Å²) in [7, 11) is 3.23. The number of rotatable bonds is 6. The molecule has 0 aliphatic rings. The minimum atomic E-state index is -0.519. The van der Waals surface area contributed by atoms with E-state index in [2.05, 4.69) is 4.89 Å². The molecule has 20 heavy (non-hydrogen) atoms. The van der Waals surface area contributed by atoms with Gasteiger partial charge in [0.2, 0.25) is 0 Å². The van der Waals surface area contributed by atoms with Crippen molar-refractivity contribution in [1.82, 2.24) is 0 Å². The highest BCUT2D eigenvalue weighted by Gasteiger charge is 2.14.